The average Bonchev–Trinajstić information content (AvgIpc) is 2.31. The van der Waals surface area contributed by atoms with Gasteiger partial charge in [-0.3, -0.25) is 0 Å². The smallest absolute Gasteiger partial charge is 0.0685 e. The van der Waals surface area contributed by atoms with Crippen LogP contribution in [0.25, 0.3) is 0 Å². The van der Waals surface area contributed by atoms with Gasteiger partial charge in [-0.2, -0.15) is 0 Å². The van der Waals surface area contributed by atoms with Crippen LogP contribution in [0.3, 0.4) is 0 Å². The van der Waals surface area contributed by atoms with E-state index >= 15 is 0 Å². The lowest BCUT2D eigenvalue weighted by molar-refractivity contribution is -0.148. The Bertz CT molecular complexity index is 277. The van der Waals surface area contributed by atoms with Crippen LogP contribution >= 0.6 is 0 Å². The number of ether oxygens (including phenoxy) is 1. The fraction of sp³-hybridized carbons (Fsp3) is 1.00. The molecule has 1 heterocycles. The fourth-order valence-corrected chi connectivity index (χ4v) is 3.72. The summed E-state index contributed by atoms with van der Waals surface area (Å²) in [5, 5.41) is 3.83. The van der Waals surface area contributed by atoms with Gasteiger partial charge in [-0.1, -0.05) is 27.7 Å². The van der Waals surface area contributed by atoms with Gasteiger partial charge in [-0.15, -0.1) is 0 Å². The Balaban J connectivity index is 1.95. The molecule has 1 N–H and O–H groups in total. The lowest BCUT2D eigenvalue weighted by Crippen LogP contribution is -2.51. The van der Waals surface area contributed by atoms with Crippen molar-refractivity contribution in [1.29, 1.82) is 0 Å². The molecular weight excluding hydrogens is 234 g/mol. The molecule has 2 rings (SSSR count). The SMILES string of the molecule is CCCNC(CC(C)(C)C)C1CCOC2(CCC2)C1. The van der Waals surface area contributed by atoms with Crippen molar-refractivity contribution in [1.82, 2.24) is 5.32 Å². The first-order chi connectivity index (χ1) is 8.94. The van der Waals surface area contributed by atoms with Crippen LogP contribution in [0.15, 0.2) is 0 Å². The normalized spacial score (nSPS) is 28.1. The first kappa shape index (κ1) is 15.3. The number of hydrogen-bond donors (Lipinski definition) is 1. The van der Waals surface area contributed by atoms with Crippen LogP contribution in [0.2, 0.25) is 0 Å². The van der Waals surface area contributed by atoms with Crippen molar-refractivity contribution >= 4 is 0 Å². The Morgan fingerprint density at radius 3 is 2.58 bits per heavy atom. The van der Waals surface area contributed by atoms with E-state index in [1.54, 1.807) is 0 Å². The molecular formula is C17H33NO. The molecule has 1 aliphatic carbocycles. The highest BCUT2D eigenvalue weighted by Crippen LogP contribution is 2.45. The summed E-state index contributed by atoms with van der Waals surface area (Å²) in [6.45, 7) is 11.5. The molecule has 1 saturated heterocycles. The molecule has 19 heavy (non-hydrogen) atoms. The van der Waals surface area contributed by atoms with Crippen molar-refractivity contribution in [2.24, 2.45) is 11.3 Å². The Labute approximate surface area is 119 Å². The lowest BCUT2D eigenvalue weighted by Gasteiger charge is -2.49. The van der Waals surface area contributed by atoms with E-state index in [0.717, 1.165) is 19.1 Å². The highest BCUT2D eigenvalue weighted by atomic mass is 16.5. The van der Waals surface area contributed by atoms with E-state index < -0.39 is 0 Å². The van der Waals surface area contributed by atoms with Gasteiger partial charge in [0.2, 0.25) is 0 Å². The standard InChI is InChI=1S/C17H33NO/c1-5-10-18-15(13-16(2,3)4)14-7-11-19-17(12-14)8-6-9-17/h14-15,18H,5-13H2,1-4H3. The maximum absolute atomic E-state index is 6.09. The van der Waals surface area contributed by atoms with Crippen molar-refractivity contribution in [2.45, 2.75) is 84.3 Å². The van der Waals surface area contributed by atoms with E-state index in [1.165, 1.54) is 44.9 Å². The third-order valence-corrected chi connectivity index (χ3v) is 4.85. The molecule has 1 saturated carbocycles. The number of rotatable bonds is 5. The summed E-state index contributed by atoms with van der Waals surface area (Å²) in [6, 6.07) is 0.682. The molecule has 1 spiro atoms. The maximum atomic E-state index is 6.09. The Morgan fingerprint density at radius 2 is 2.05 bits per heavy atom. The lowest BCUT2D eigenvalue weighted by atomic mass is 9.69. The first-order valence-electron chi connectivity index (χ1n) is 8.31. The number of nitrogens with one attached hydrogen (secondary N) is 1. The van der Waals surface area contributed by atoms with Crippen molar-refractivity contribution in [3.05, 3.63) is 0 Å². The summed E-state index contributed by atoms with van der Waals surface area (Å²) >= 11 is 0. The minimum absolute atomic E-state index is 0.285. The van der Waals surface area contributed by atoms with E-state index in [0.29, 0.717) is 11.5 Å². The molecule has 2 heteroatoms. The Morgan fingerprint density at radius 1 is 1.32 bits per heavy atom. The zero-order chi connectivity index (χ0) is 13.9. The van der Waals surface area contributed by atoms with Gasteiger partial charge in [0.15, 0.2) is 0 Å². The van der Waals surface area contributed by atoms with Crippen molar-refractivity contribution in [2.75, 3.05) is 13.2 Å². The minimum Gasteiger partial charge on any atom is -0.375 e. The van der Waals surface area contributed by atoms with E-state index in [9.17, 15) is 0 Å². The van der Waals surface area contributed by atoms with Crippen molar-refractivity contribution in [3.8, 4) is 0 Å². The van der Waals surface area contributed by atoms with Crippen LogP contribution in [0.5, 0.6) is 0 Å². The largest absolute Gasteiger partial charge is 0.375 e. The minimum atomic E-state index is 0.285. The average molecular weight is 267 g/mol. The molecule has 1 aliphatic heterocycles. The zero-order valence-electron chi connectivity index (χ0n) is 13.4. The molecule has 0 aromatic carbocycles. The van der Waals surface area contributed by atoms with Gasteiger partial charge in [0.1, 0.15) is 0 Å². The summed E-state index contributed by atoms with van der Waals surface area (Å²) in [7, 11) is 0. The monoisotopic (exact) mass is 267 g/mol. The summed E-state index contributed by atoms with van der Waals surface area (Å²) in [6.07, 6.45) is 9.05. The third kappa shape index (κ3) is 4.19. The third-order valence-electron chi connectivity index (χ3n) is 4.85. The van der Waals surface area contributed by atoms with Gasteiger partial charge in [-0.05, 0) is 62.8 Å². The molecule has 2 nitrogen and oxygen atoms in total. The maximum Gasteiger partial charge on any atom is 0.0685 e. The van der Waals surface area contributed by atoms with Crippen LogP contribution in [-0.2, 0) is 4.74 Å². The van der Waals surface area contributed by atoms with E-state index in [4.69, 9.17) is 4.74 Å². The van der Waals surface area contributed by atoms with E-state index in [-0.39, 0.29) is 5.60 Å². The van der Waals surface area contributed by atoms with Crippen LogP contribution in [0.1, 0.15) is 72.6 Å². The highest BCUT2D eigenvalue weighted by Gasteiger charge is 2.44. The van der Waals surface area contributed by atoms with Gasteiger partial charge in [0, 0.05) is 12.6 Å². The topological polar surface area (TPSA) is 21.3 Å². The van der Waals surface area contributed by atoms with Gasteiger partial charge in [0.05, 0.1) is 5.60 Å². The van der Waals surface area contributed by atoms with Crippen LogP contribution in [-0.4, -0.2) is 24.8 Å². The van der Waals surface area contributed by atoms with Gasteiger partial charge < -0.3 is 10.1 Å². The summed E-state index contributed by atoms with van der Waals surface area (Å²) in [5.74, 6) is 0.819. The van der Waals surface area contributed by atoms with Crippen LogP contribution < -0.4 is 5.32 Å². The predicted molar refractivity (Wildman–Crippen MR) is 81.4 cm³/mol. The molecule has 2 aliphatic rings. The second-order valence-corrected chi connectivity index (χ2v) is 7.96. The van der Waals surface area contributed by atoms with Gasteiger partial charge in [-0.25, -0.2) is 0 Å². The van der Waals surface area contributed by atoms with Crippen molar-refractivity contribution in [3.63, 3.8) is 0 Å². The van der Waals surface area contributed by atoms with Crippen molar-refractivity contribution < 1.29 is 4.74 Å². The first-order valence-corrected chi connectivity index (χ1v) is 8.31. The molecule has 0 radical (unpaired) electrons. The molecule has 2 fully saturated rings. The van der Waals surface area contributed by atoms with Gasteiger partial charge in [0.25, 0.3) is 0 Å². The van der Waals surface area contributed by atoms with E-state index in [1.807, 2.05) is 0 Å². The molecule has 0 bridgehead atoms. The summed E-state index contributed by atoms with van der Waals surface area (Å²) < 4.78 is 6.09. The number of hydrogen-bond acceptors (Lipinski definition) is 2. The predicted octanol–water partition coefficient (Wildman–Crippen LogP) is 4.14. The molecule has 0 amide bonds. The summed E-state index contributed by atoms with van der Waals surface area (Å²) in [4.78, 5) is 0. The molecule has 2 unspecified atom stereocenters. The van der Waals surface area contributed by atoms with Crippen LogP contribution in [0.4, 0.5) is 0 Å². The second-order valence-electron chi connectivity index (χ2n) is 7.96. The molecule has 0 aromatic rings. The van der Waals surface area contributed by atoms with Crippen LogP contribution in [0, 0.1) is 11.3 Å². The molecule has 0 aromatic heterocycles. The second kappa shape index (κ2) is 6.13. The molecule has 112 valence electrons. The Kier molecular flexibility index (Phi) is 4.94. The fourth-order valence-electron chi connectivity index (χ4n) is 3.72. The highest BCUT2D eigenvalue weighted by molar-refractivity contribution is 4.97. The Hall–Kier alpha value is -0.0800. The molecule has 2 atom stereocenters. The van der Waals surface area contributed by atoms with E-state index in [2.05, 4.69) is 33.0 Å². The zero-order valence-corrected chi connectivity index (χ0v) is 13.4. The van der Waals surface area contributed by atoms with Gasteiger partial charge >= 0.3 is 0 Å². The summed E-state index contributed by atoms with van der Waals surface area (Å²) in [5.41, 5.74) is 0.698. The quantitative estimate of drug-likeness (QED) is 0.808.